The second kappa shape index (κ2) is 12.5. The molecule has 12 heteroatoms. The van der Waals surface area contributed by atoms with E-state index in [4.69, 9.17) is 9.47 Å². The van der Waals surface area contributed by atoms with Crippen LogP contribution in [0.25, 0.3) is 5.57 Å². The largest absolute Gasteiger partial charge is 0.479 e. The molecule has 4 aliphatic heterocycles. The molecule has 1 N–H and O–H groups in total. The first-order valence-corrected chi connectivity index (χ1v) is 16.7. The average Bonchev–Trinajstić information content (AvgIpc) is 3.80. The van der Waals surface area contributed by atoms with Gasteiger partial charge in [-0.15, -0.1) is 0 Å². The van der Waals surface area contributed by atoms with Crippen LogP contribution in [-0.4, -0.2) is 76.7 Å². The van der Waals surface area contributed by atoms with Crippen LogP contribution >= 0.6 is 15.9 Å². The highest BCUT2D eigenvalue weighted by atomic mass is 79.9. The molecule has 0 radical (unpaired) electrons. The van der Waals surface area contributed by atoms with Crippen molar-refractivity contribution in [2.45, 2.75) is 44.4 Å². The molecule has 10 nitrogen and oxygen atoms in total. The van der Waals surface area contributed by atoms with Gasteiger partial charge in [0.2, 0.25) is 5.76 Å². The van der Waals surface area contributed by atoms with Crippen LogP contribution < -0.4 is 4.90 Å². The lowest BCUT2D eigenvalue weighted by atomic mass is 9.81. The maximum Gasteiger partial charge on any atom is 0.410 e. The molecule has 5 aliphatic rings. The Morgan fingerprint density at radius 2 is 1.90 bits per heavy atom. The van der Waals surface area contributed by atoms with Gasteiger partial charge in [-0.2, -0.15) is 0 Å². The Hall–Kier alpha value is -4.95. The maximum atomic E-state index is 14.7. The molecule has 1 aliphatic carbocycles. The molecule has 1 saturated carbocycles. The SMILES string of the molecule is CC[C@@]1(O)C(=C=O)OCC2=C1C=CN(CC1=C(Br)C(=C=O)c3cc(F)ccc3N1[C@@H]1CN(C(=O)OCc3ccccc3)CC13CC3)C2=C=O. The van der Waals surface area contributed by atoms with E-state index in [1.165, 1.54) is 12.1 Å². The second-order valence-corrected chi connectivity index (χ2v) is 13.6. The number of nitrogens with zero attached hydrogens (tertiary/aromatic N) is 3. The Labute approximate surface area is 289 Å². The minimum absolute atomic E-state index is 0.0341. The van der Waals surface area contributed by atoms with Crippen LogP contribution in [0.5, 0.6) is 0 Å². The van der Waals surface area contributed by atoms with Crippen LogP contribution in [0.4, 0.5) is 14.9 Å². The molecule has 49 heavy (non-hydrogen) atoms. The molecule has 250 valence electrons. The molecule has 4 heterocycles. The van der Waals surface area contributed by atoms with Crippen LogP contribution in [0, 0.1) is 11.2 Å². The predicted octanol–water partition coefficient (Wildman–Crippen LogP) is 5.00. The first kappa shape index (κ1) is 32.6. The van der Waals surface area contributed by atoms with Crippen molar-refractivity contribution in [1.82, 2.24) is 9.80 Å². The number of likely N-dealkylation sites (tertiary alicyclic amines) is 1. The van der Waals surface area contributed by atoms with Gasteiger partial charge in [0.15, 0.2) is 17.5 Å². The predicted molar refractivity (Wildman–Crippen MR) is 180 cm³/mol. The van der Waals surface area contributed by atoms with Gasteiger partial charge in [-0.3, -0.25) is 0 Å². The lowest BCUT2D eigenvalue weighted by Crippen LogP contribution is -2.47. The van der Waals surface area contributed by atoms with Gasteiger partial charge in [0.1, 0.15) is 30.7 Å². The van der Waals surface area contributed by atoms with Crippen molar-refractivity contribution in [3.8, 4) is 0 Å². The van der Waals surface area contributed by atoms with Gasteiger partial charge in [-0.05, 0) is 65.0 Å². The summed E-state index contributed by atoms with van der Waals surface area (Å²) in [5, 5.41) is 11.4. The zero-order valence-electron chi connectivity index (χ0n) is 26.5. The lowest BCUT2D eigenvalue weighted by molar-refractivity contribution is 0.0313. The van der Waals surface area contributed by atoms with E-state index in [-0.39, 0.29) is 54.7 Å². The third kappa shape index (κ3) is 5.39. The molecular formula is C37H31BrFN3O7. The summed E-state index contributed by atoms with van der Waals surface area (Å²) in [5.41, 5.74) is 1.19. The summed E-state index contributed by atoms with van der Waals surface area (Å²) in [5.74, 6) is 4.86. The smallest absolute Gasteiger partial charge is 0.410 e. The molecule has 0 aromatic heterocycles. The molecule has 1 saturated heterocycles. The number of rotatable bonds is 6. The molecule has 2 aromatic carbocycles. The van der Waals surface area contributed by atoms with Crippen molar-refractivity contribution in [2.24, 2.45) is 5.41 Å². The second-order valence-electron chi connectivity index (χ2n) is 12.8. The third-order valence-corrected chi connectivity index (χ3v) is 11.0. The topological polar surface area (TPSA) is 117 Å². The fourth-order valence-electron chi connectivity index (χ4n) is 7.38. The first-order valence-electron chi connectivity index (χ1n) is 15.9. The zero-order chi connectivity index (χ0) is 34.5. The van der Waals surface area contributed by atoms with Crippen LogP contribution in [0.15, 0.2) is 93.6 Å². The highest BCUT2D eigenvalue weighted by Gasteiger charge is 2.60. The van der Waals surface area contributed by atoms with E-state index in [0.717, 1.165) is 18.4 Å². The number of carbonyl (C=O) groups excluding carboxylic acids is 4. The number of hydrogen-bond acceptors (Lipinski definition) is 9. The number of halogens is 2. The van der Waals surface area contributed by atoms with Gasteiger partial charge in [0, 0.05) is 41.4 Å². The number of ether oxygens (including phenoxy) is 2. The number of allylic oxidation sites excluding steroid dienone is 2. The molecule has 1 amide bonds. The Kier molecular flexibility index (Phi) is 8.31. The van der Waals surface area contributed by atoms with Gasteiger partial charge in [-0.25, -0.2) is 23.6 Å². The summed E-state index contributed by atoms with van der Waals surface area (Å²) in [6.45, 7) is 2.45. The quantitative estimate of drug-likeness (QED) is 0.411. The Bertz CT molecular complexity index is 2000. The summed E-state index contributed by atoms with van der Waals surface area (Å²) >= 11 is 3.63. The Morgan fingerprint density at radius 3 is 2.57 bits per heavy atom. The first-order chi connectivity index (χ1) is 23.7. The third-order valence-electron chi connectivity index (χ3n) is 10.1. The summed E-state index contributed by atoms with van der Waals surface area (Å²) in [4.78, 5) is 55.4. The lowest BCUT2D eigenvalue weighted by Gasteiger charge is -2.43. The summed E-state index contributed by atoms with van der Waals surface area (Å²) in [6, 6.07) is 13.4. The molecule has 0 unspecified atom stereocenters. The summed E-state index contributed by atoms with van der Waals surface area (Å²) in [7, 11) is 0. The number of anilines is 1. The van der Waals surface area contributed by atoms with Gasteiger partial charge in [0.25, 0.3) is 0 Å². The zero-order valence-corrected chi connectivity index (χ0v) is 28.1. The molecule has 0 bridgehead atoms. The molecular weight excluding hydrogens is 697 g/mol. The van der Waals surface area contributed by atoms with Crippen LogP contribution in [0.3, 0.4) is 0 Å². The monoisotopic (exact) mass is 727 g/mol. The minimum atomic E-state index is -1.77. The van der Waals surface area contributed by atoms with Crippen molar-refractivity contribution < 1.29 is 38.1 Å². The van der Waals surface area contributed by atoms with Crippen molar-refractivity contribution in [2.75, 3.05) is 31.1 Å². The fraction of sp³-hybridized carbons (Fsp3) is 0.324. The number of fused-ring (bicyclic) bond motifs is 1. The van der Waals surface area contributed by atoms with Gasteiger partial charge >= 0.3 is 6.09 Å². The van der Waals surface area contributed by atoms with Gasteiger partial charge in [-0.1, -0.05) is 37.3 Å². The highest BCUT2D eigenvalue weighted by molar-refractivity contribution is 9.12. The highest BCUT2D eigenvalue weighted by Crippen LogP contribution is 2.58. The van der Waals surface area contributed by atoms with Crippen LogP contribution in [0.2, 0.25) is 0 Å². The van der Waals surface area contributed by atoms with Crippen molar-refractivity contribution in [3.63, 3.8) is 0 Å². The van der Waals surface area contributed by atoms with Crippen molar-refractivity contribution in [3.05, 3.63) is 111 Å². The van der Waals surface area contributed by atoms with E-state index in [9.17, 15) is 28.7 Å². The number of hydrogen-bond donors (Lipinski definition) is 1. The Balaban J connectivity index is 1.25. The normalized spacial score (nSPS) is 23.6. The van der Waals surface area contributed by atoms with Crippen LogP contribution in [-0.2, 0) is 30.5 Å². The van der Waals surface area contributed by atoms with Crippen molar-refractivity contribution in [1.29, 1.82) is 0 Å². The number of carbonyl (C=O) groups is 1. The molecule has 2 fully saturated rings. The maximum absolute atomic E-state index is 14.7. The van der Waals surface area contributed by atoms with Gasteiger partial charge in [0.05, 0.1) is 34.0 Å². The van der Waals surface area contributed by atoms with E-state index >= 15 is 0 Å². The van der Waals surface area contributed by atoms with E-state index in [2.05, 4.69) is 15.9 Å². The number of aliphatic hydroxyl groups is 1. The molecule has 7 rings (SSSR count). The molecule has 2 atom stereocenters. The summed E-state index contributed by atoms with van der Waals surface area (Å²) < 4.78 is 26.3. The Morgan fingerprint density at radius 1 is 1.12 bits per heavy atom. The average molecular weight is 729 g/mol. The van der Waals surface area contributed by atoms with Crippen molar-refractivity contribution >= 4 is 51.1 Å². The standard InChI is InChI=1S/C37H31BrFN3O7/c1-2-37(47)28-10-13-40(31(18-44)27(28)21-48-33(37)19-45)15-30-34(38)26(17-43)25-14-24(39)8-9-29(25)42(30)32-16-41(22-36(32)11-12-36)35(46)49-20-23-6-4-3-5-7-23/h3-10,13-14,32,47H,2,11-12,15-16,20-22H2,1H3/t32-,37+/m1/s1. The van der Waals surface area contributed by atoms with Crippen LogP contribution in [0.1, 0.15) is 37.3 Å². The van der Waals surface area contributed by atoms with E-state index in [0.29, 0.717) is 45.7 Å². The molecule has 1 spiro atoms. The number of benzene rings is 2. The van der Waals surface area contributed by atoms with Gasteiger partial charge < -0.3 is 29.3 Å². The van der Waals surface area contributed by atoms with E-state index in [1.54, 1.807) is 41.0 Å². The fourth-order valence-corrected chi connectivity index (χ4v) is 7.99. The summed E-state index contributed by atoms with van der Waals surface area (Å²) in [6.07, 6.45) is 4.58. The van der Waals surface area contributed by atoms with E-state index in [1.807, 2.05) is 47.1 Å². The number of amides is 1. The molecule has 2 aromatic rings. The minimum Gasteiger partial charge on any atom is -0.479 e. The van der Waals surface area contributed by atoms with E-state index < -0.39 is 17.5 Å².